The summed E-state index contributed by atoms with van der Waals surface area (Å²) in [5.41, 5.74) is 3.83. The molecule has 11 nitrogen and oxygen atoms in total. The van der Waals surface area contributed by atoms with E-state index < -0.39 is 5.91 Å². The number of primary amides is 1. The number of nitrogens with two attached hydrogens (primary N) is 1. The number of aryl methyl sites for hydroxylation is 1. The first kappa shape index (κ1) is 21.1. The molecule has 34 heavy (non-hydrogen) atoms. The van der Waals surface area contributed by atoms with Crippen molar-refractivity contribution in [1.82, 2.24) is 25.0 Å². The number of carbonyl (C=O) groups excluding carboxylic acids is 1. The van der Waals surface area contributed by atoms with Gasteiger partial charge in [-0.2, -0.15) is 4.98 Å². The zero-order chi connectivity index (χ0) is 24.7. The van der Waals surface area contributed by atoms with Gasteiger partial charge in [-0.25, -0.2) is 4.68 Å². The Labute approximate surface area is 202 Å². The zero-order valence-corrected chi connectivity index (χ0v) is 19.8. The molecule has 0 radical (unpaired) electrons. The number of morpholine rings is 1. The third kappa shape index (κ3) is 3.70. The van der Waals surface area contributed by atoms with E-state index in [1.165, 1.54) is 0 Å². The number of halogens is 1. The van der Waals surface area contributed by atoms with Crippen molar-refractivity contribution in [2.24, 2.45) is 12.8 Å². The topological polar surface area (TPSA) is 133 Å². The third-order valence-electron chi connectivity index (χ3n) is 6.31. The molecular formula is C22H25ClN8O3. The highest BCUT2D eigenvalue weighted by Gasteiger charge is 2.40. The van der Waals surface area contributed by atoms with Crippen molar-refractivity contribution in [3.05, 3.63) is 34.6 Å². The van der Waals surface area contributed by atoms with Gasteiger partial charge in [0.25, 0.3) is 5.91 Å². The first-order valence-corrected chi connectivity index (χ1v) is 11.3. The van der Waals surface area contributed by atoms with Crippen molar-refractivity contribution in [3.8, 4) is 17.1 Å². The Bertz CT molecular complexity index is 1270. The summed E-state index contributed by atoms with van der Waals surface area (Å²) in [6.45, 7) is 3.09. The van der Waals surface area contributed by atoms with E-state index in [0.717, 1.165) is 18.8 Å². The van der Waals surface area contributed by atoms with E-state index in [2.05, 4.69) is 25.5 Å². The summed E-state index contributed by atoms with van der Waals surface area (Å²) in [6, 6.07) is 6.11. The summed E-state index contributed by atoms with van der Waals surface area (Å²) >= 11 is 6.16. The summed E-state index contributed by atoms with van der Waals surface area (Å²) in [5.74, 6) is 1.08. The van der Waals surface area contributed by atoms with E-state index in [1.807, 2.05) is 24.9 Å². The van der Waals surface area contributed by atoms with Crippen LogP contribution in [0.3, 0.4) is 0 Å². The standard InChI is InChI=1S/C22H25ClN8O3/c1-11-16(17(20(24)32)27-28-19(11)23)25-15-6-4-5-14(18(15)33-3)21-26-22(30(2)29-21)31-12-7-8-13(31)10-34-9-12/h4-6,12-13H,7-10H2,1-3H3,(H2,24,32)(H,25,28)/i/hD. The quantitative estimate of drug-likeness (QED) is 0.539. The van der Waals surface area contributed by atoms with E-state index in [-0.39, 0.29) is 10.8 Å². The van der Waals surface area contributed by atoms with Gasteiger partial charge in [0.15, 0.2) is 23.8 Å². The van der Waals surface area contributed by atoms with Crippen molar-refractivity contribution in [1.29, 1.82) is 0 Å². The van der Waals surface area contributed by atoms with Crippen LogP contribution >= 0.6 is 11.6 Å². The number of aromatic nitrogens is 5. The molecular weight excluding hydrogens is 460 g/mol. The number of para-hydroxylation sites is 1. The van der Waals surface area contributed by atoms with Crippen LogP contribution in [0.2, 0.25) is 6.56 Å². The molecule has 2 unspecified atom stereocenters. The average Bonchev–Trinajstić information content (AvgIpc) is 3.35. The predicted octanol–water partition coefficient (Wildman–Crippen LogP) is 2.45. The van der Waals surface area contributed by atoms with Crippen LogP contribution in [-0.2, 0) is 11.8 Å². The molecule has 4 heterocycles. The molecule has 2 aliphatic rings. The Morgan fingerprint density at radius 1 is 1.32 bits per heavy atom. The lowest BCUT2D eigenvalue weighted by Crippen LogP contribution is -2.47. The van der Waals surface area contributed by atoms with E-state index in [0.29, 0.717) is 59.4 Å². The molecule has 2 aliphatic heterocycles. The SMILES string of the molecule is [2H]NC(=O)c1nnc(Cl)c(C)c1Nc1cccc(-c2nc(N3C4CCC3COC4)n(C)n2)c1OC. The molecule has 2 bridgehead atoms. The number of nitrogens with one attached hydrogen (secondary N) is 1. The largest absolute Gasteiger partial charge is 0.494 e. The van der Waals surface area contributed by atoms with Crippen LogP contribution in [0, 0.1) is 6.92 Å². The van der Waals surface area contributed by atoms with Gasteiger partial charge in [-0.3, -0.25) is 4.79 Å². The maximum absolute atomic E-state index is 12.2. The van der Waals surface area contributed by atoms with Crippen LogP contribution < -0.4 is 20.7 Å². The number of fused-ring (bicyclic) bond motifs is 2. The molecule has 12 heteroatoms. The van der Waals surface area contributed by atoms with E-state index in [4.69, 9.17) is 27.5 Å². The summed E-state index contributed by atoms with van der Waals surface area (Å²) in [6.07, 6.45) is 2.15. The van der Waals surface area contributed by atoms with Gasteiger partial charge in [0.1, 0.15) is 0 Å². The number of benzene rings is 1. The molecule has 1 amide bonds. The molecule has 3 aromatic rings. The van der Waals surface area contributed by atoms with Crippen LogP contribution in [0.25, 0.3) is 11.4 Å². The maximum Gasteiger partial charge on any atom is 0.271 e. The number of hydrogen-bond donors (Lipinski definition) is 2. The average molecular weight is 486 g/mol. The van der Waals surface area contributed by atoms with Gasteiger partial charge in [0.05, 0.1) is 49.3 Å². The van der Waals surface area contributed by atoms with Crippen molar-refractivity contribution >= 4 is 34.8 Å². The minimum atomic E-state index is -0.717. The summed E-state index contributed by atoms with van der Waals surface area (Å²) in [7, 11) is 3.44. The second kappa shape index (κ2) is 8.73. The molecule has 0 saturated carbocycles. The second-order valence-corrected chi connectivity index (χ2v) is 8.73. The lowest BCUT2D eigenvalue weighted by Gasteiger charge is -2.34. The molecule has 0 aliphatic carbocycles. The Morgan fingerprint density at radius 2 is 2.09 bits per heavy atom. The van der Waals surface area contributed by atoms with Gasteiger partial charge in [-0.05, 0) is 31.9 Å². The fraction of sp³-hybridized carbons (Fsp3) is 0.409. The van der Waals surface area contributed by atoms with Gasteiger partial charge < -0.3 is 25.4 Å². The molecule has 178 valence electrons. The molecule has 2 aromatic heterocycles. The number of carbonyl (C=O) groups is 1. The third-order valence-corrected chi connectivity index (χ3v) is 6.66. The Kier molecular flexibility index (Phi) is 5.42. The Morgan fingerprint density at radius 3 is 2.79 bits per heavy atom. The van der Waals surface area contributed by atoms with E-state index >= 15 is 0 Å². The normalized spacial score (nSPS) is 19.6. The molecule has 1 aromatic carbocycles. The first-order chi connectivity index (χ1) is 16.9. The van der Waals surface area contributed by atoms with E-state index in [1.54, 1.807) is 24.8 Å². The van der Waals surface area contributed by atoms with Gasteiger partial charge in [-0.15, -0.1) is 15.3 Å². The monoisotopic (exact) mass is 485 g/mol. The van der Waals surface area contributed by atoms with Crippen LogP contribution in [-0.4, -0.2) is 63.3 Å². The number of amides is 1. The van der Waals surface area contributed by atoms with Gasteiger partial charge in [0.2, 0.25) is 5.95 Å². The highest BCUT2D eigenvalue weighted by atomic mass is 35.5. The summed E-state index contributed by atoms with van der Waals surface area (Å²) in [4.78, 5) is 19.4. The highest BCUT2D eigenvalue weighted by molar-refractivity contribution is 6.30. The predicted molar refractivity (Wildman–Crippen MR) is 127 cm³/mol. The summed E-state index contributed by atoms with van der Waals surface area (Å²) in [5, 5.41) is 15.7. The maximum atomic E-state index is 12.2. The number of anilines is 3. The van der Waals surface area contributed by atoms with Crippen molar-refractivity contribution in [3.63, 3.8) is 0 Å². The van der Waals surface area contributed by atoms with Crippen LogP contribution in [0.1, 0.15) is 28.9 Å². The lowest BCUT2D eigenvalue weighted by atomic mass is 10.1. The van der Waals surface area contributed by atoms with Gasteiger partial charge in [-0.1, -0.05) is 17.7 Å². The number of hydrogen-bond acceptors (Lipinski definition) is 9. The van der Waals surface area contributed by atoms with Crippen molar-refractivity contribution < 1.29 is 15.7 Å². The minimum Gasteiger partial charge on any atom is -0.494 e. The smallest absolute Gasteiger partial charge is 0.271 e. The highest BCUT2D eigenvalue weighted by Crippen LogP contribution is 2.40. The number of nitrogens with zero attached hydrogens (tertiary/aromatic N) is 6. The molecule has 5 rings (SSSR count). The molecule has 2 fully saturated rings. The molecule has 2 atom stereocenters. The number of methoxy groups -OCH3 is 1. The Balaban J connectivity index is 1.54. The second-order valence-electron chi connectivity index (χ2n) is 8.37. The van der Waals surface area contributed by atoms with Crippen molar-refractivity contribution in [2.75, 3.05) is 30.5 Å². The fourth-order valence-electron chi connectivity index (χ4n) is 4.65. The zero-order valence-electron chi connectivity index (χ0n) is 20.0. The minimum absolute atomic E-state index is 0.0598. The first-order valence-electron chi connectivity index (χ1n) is 11.4. The van der Waals surface area contributed by atoms with E-state index in [9.17, 15) is 4.79 Å². The number of ether oxygens (including phenoxy) is 2. The van der Waals surface area contributed by atoms with Gasteiger partial charge >= 0.3 is 0 Å². The van der Waals surface area contributed by atoms with Crippen LogP contribution in [0.4, 0.5) is 17.3 Å². The summed E-state index contributed by atoms with van der Waals surface area (Å²) < 4.78 is 20.5. The van der Waals surface area contributed by atoms with Crippen LogP contribution in [0.15, 0.2) is 18.2 Å². The molecule has 2 saturated heterocycles. The Hall–Kier alpha value is -3.44. The molecule has 0 spiro atoms. The number of rotatable bonds is 6. The van der Waals surface area contributed by atoms with Crippen LogP contribution in [0.5, 0.6) is 5.75 Å². The fourth-order valence-corrected chi connectivity index (χ4v) is 4.78. The van der Waals surface area contributed by atoms with Gasteiger partial charge in [0, 0.05) is 12.6 Å². The van der Waals surface area contributed by atoms with Crippen molar-refractivity contribution in [2.45, 2.75) is 31.8 Å². The molecule has 3 N–H and O–H groups in total. The lowest BCUT2D eigenvalue weighted by molar-refractivity contribution is 0.0893.